The van der Waals surface area contributed by atoms with Crippen molar-refractivity contribution in [3.05, 3.63) is 51.9 Å². The number of Topliss-reactive ketones (excluding diaryl/α,β-unsaturated/α-hetero) is 1. The Morgan fingerprint density at radius 1 is 1.26 bits per heavy atom. The van der Waals surface area contributed by atoms with E-state index in [-0.39, 0.29) is 11.2 Å². The first-order chi connectivity index (χ1) is 8.83. The topological polar surface area (TPSA) is 65.8 Å². The number of ketones is 1. The van der Waals surface area contributed by atoms with E-state index in [1.165, 1.54) is 0 Å². The second kappa shape index (κ2) is 6.21. The van der Waals surface area contributed by atoms with Crippen LogP contribution in [0.15, 0.2) is 35.5 Å². The Hall–Kier alpha value is -2.06. The maximum absolute atomic E-state index is 11.2. The molecule has 1 aromatic rings. The summed E-state index contributed by atoms with van der Waals surface area (Å²) in [6.07, 6.45) is 2.09. The molecule has 0 aromatic heterocycles. The summed E-state index contributed by atoms with van der Waals surface area (Å²) in [5.41, 5.74) is 11.1. The lowest BCUT2D eigenvalue weighted by molar-refractivity contribution is 0.101. The van der Waals surface area contributed by atoms with E-state index in [0.717, 1.165) is 11.1 Å². The molecule has 0 saturated heterocycles. The number of hydrogen-bond acceptors (Lipinski definition) is 2. The number of carbonyl (C=O) groups excluding carboxylic acids is 1. The molecule has 0 aliphatic carbocycles. The van der Waals surface area contributed by atoms with Crippen molar-refractivity contribution in [2.24, 2.45) is 10.5 Å². The van der Waals surface area contributed by atoms with Gasteiger partial charge < -0.3 is 0 Å². The average molecular weight is 257 g/mol. The predicted molar refractivity (Wildman–Crippen MR) is 77.9 cm³/mol. The molecule has 100 valence electrons. The van der Waals surface area contributed by atoms with E-state index in [1.807, 2.05) is 12.1 Å². The van der Waals surface area contributed by atoms with Gasteiger partial charge in [0.25, 0.3) is 0 Å². The highest BCUT2D eigenvalue weighted by atomic mass is 16.1. The number of nitrogens with zero attached hydrogens (tertiary/aromatic N) is 3. The third-order valence-electron chi connectivity index (χ3n) is 2.57. The van der Waals surface area contributed by atoms with E-state index >= 15 is 0 Å². The summed E-state index contributed by atoms with van der Waals surface area (Å²) in [5.74, 6) is 0.0444. The van der Waals surface area contributed by atoms with Crippen LogP contribution < -0.4 is 0 Å². The molecule has 0 heterocycles. The molecule has 4 nitrogen and oxygen atoms in total. The normalized spacial score (nSPS) is 11.9. The van der Waals surface area contributed by atoms with Crippen molar-refractivity contribution in [1.29, 1.82) is 0 Å². The standard InChI is InChI=1S/C15H19N3O/c1-11(19)12-5-7-13(8-6-12)14(10-17-18-16)9-15(2,3)4/h5-9H,10H2,1-4H3/b14-9+. The van der Waals surface area contributed by atoms with Gasteiger partial charge in [0.15, 0.2) is 5.78 Å². The van der Waals surface area contributed by atoms with Crippen LogP contribution in [0.1, 0.15) is 43.6 Å². The molecule has 0 amide bonds. The van der Waals surface area contributed by atoms with Gasteiger partial charge in [-0.05, 0) is 29.0 Å². The van der Waals surface area contributed by atoms with Gasteiger partial charge in [-0.15, -0.1) is 0 Å². The van der Waals surface area contributed by atoms with Crippen molar-refractivity contribution >= 4 is 11.4 Å². The van der Waals surface area contributed by atoms with Crippen LogP contribution >= 0.6 is 0 Å². The van der Waals surface area contributed by atoms with Gasteiger partial charge in [0, 0.05) is 10.5 Å². The number of benzene rings is 1. The number of rotatable bonds is 4. The van der Waals surface area contributed by atoms with Gasteiger partial charge in [0.2, 0.25) is 0 Å². The molecule has 0 saturated carbocycles. The van der Waals surface area contributed by atoms with E-state index in [4.69, 9.17) is 5.53 Å². The fourth-order valence-electron chi connectivity index (χ4n) is 1.77. The average Bonchev–Trinajstić information content (AvgIpc) is 2.33. The summed E-state index contributed by atoms with van der Waals surface area (Å²) in [6.45, 7) is 8.13. The quantitative estimate of drug-likeness (QED) is 0.335. The molecule has 0 radical (unpaired) electrons. The number of hydrogen-bond donors (Lipinski definition) is 0. The maximum atomic E-state index is 11.2. The first-order valence-electron chi connectivity index (χ1n) is 6.17. The zero-order valence-electron chi connectivity index (χ0n) is 11.8. The molecule has 0 aliphatic rings. The first kappa shape index (κ1) is 15.0. The molecule has 0 N–H and O–H groups in total. The van der Waals surface area contributed by atoms with Gasteiger partial charge in [0.1, 0.15) is 0 Å². The molecule has 0 fully saturated rings. The molecule has 19 heavy (non-hydrogen) atoms. The van der Waals surface area contributed by atoms with Crippen molar-refractivity contribution in [3.63, 3.8) is 0 Å². The Morgan fingerprint density at radius 3 is 2.21 bits per heavy atom. The summed E-state index contributed by atoms with van der Waals surface area (Å²) in [6, 6.07) is 7.37. The van der Waals surface area contributed by atoms with Crippen LogP contribution in [0.2, 0.25) is 0 Å². The van der Waals surface area contributed by atoms with Crippen molar-refractivity contribution < 1.29 is 4.79 Å². The second-order valence-electron chi connectivity index (χ2n) is 5.56. The SMILES string of the molecule is CC(=O)c1ccc(/C(=C/C(C)(C)C)CN=[N+]=[N-])cc1. The third kappa shape index (κ3) is 4.98. The smallest absolute Gasteiger partial charge is 0.159 e. The third-order valence-corrected chi connectivity index (χ3v) is 2.57. The summed E-state index contributed by atoms with van der Waals surface area (Å²) >= 11 is 0. The molecule has 0 atom stereocenters. The van der Waals surface area contributed by atoms with Crippen LogP contribution in [0.4, 0.5) is 0 Å². The van der Waals surface area contributed by atoms with Gasteiger partial charge in [0.05, 0.1) is 6.54 Å². The zero-order chi connectivity index (χ0) is 14.5. The van der Waals surface area contributed by atoms with Gasteiger partial charge in [-0.2, -0.15) is 0 Å². The number of carbonyl (C=O) groups is 1. The lowest BCUT2D eigenvalue weighted by atomic mass is 9.90. The van der Waals surface area contributed by atoms with Crippen LogP contribution in [0.5, 0.6) is 0 Å². The number of azide groups is 1. The minimum absolute atomic E-state index is 0.000440. The fourth-order valence-corrected chi connectivity index (χ4v) is 1.77. The van der Waals surface area contributed by atoms with Crippen molar-refractivity contribution in [3.8, 4) is 0 Å². The van der Waals surface area contributed by atoms with Crippen LogP contribution in [-0.4, -0.2) is 12.3 Å². The maximum Gasteiger partial charge on any atom is 0.159 e. The fraction of sp³-hybridized carbons (Fsp3) is 0.400. The minimum Gasteiger partial charge on any atom is -0.295 e. The summed E-state index contributed by atoms with van der Waals surface area (Å²) in [7, 11) is 0. The van der Waals surface area contributed by atoms with Crippen molar-refractivity contribution in [2.75, 3.05) is 6.54 Å². The van der Waals surface area contributed by atoms with Crippen molar-refractivity contribution in [2.45, 2.75) is 27.7 Å². The minimum atomic E-state index is -0.000440. The van der Waals surface area contributed by atoms with Gasteiger partial charge in [-0.1, -0.05) is 56.2 Å². The molecular formula is C15H19N3O. The monoisotopic (exact) mass is 257 g/mol. The Kier molecular flexibility index (Phi) is 4.90. The van der Waals surface area contributed by atoms with E-state index in [0.29, 0.717) is 12.1 Å². The summed E-state index contributed by atoms with van der Waals surface area (Å²) in [4.78, 5) is 14.1. The summed E-state index contributed by atoms with van der Waals surface area (Å²) in [5, 5.41) is 3.64. The molecular weight excluding hydrogens is 238 g/mol. The van der Waals surface area contributed by atoms with E-state index in [1.54, 1.807) is 19.1 Å². The highest BCUT2D eigenvalue weighted by Gasteiger charge is 2.10. The summed E-state index contributed by atoms with van der Waals surface area (Å²) < 4.78 is 0. The Morgan fingerprint density at radius 2 is 1.79 bits per heavy atom. The number of allylic oxidation sites excluding steroid dienone is 1. The molecule has 4 heteroatoms. The van der Waals surface area contributed by atoms with Crippen LogP contribution in [-0.2, 0) is 0 Å². The molecule has 1 aromatic carbocycles. The largest absolute Gasteiger partial charge is 0.295 e. The van der Waals surface area contributed by atoms with E-state index < -0.39 is 0 Å². The molecule has 0 bridgehead atoms. The van der Waals surface area contributed by atoms with Crippen LogP contribution in [0.3, 0.4) is 0 Å². The van der Waals surface area contributed by atoms with Crippen molar-refractivity contribution in [1.82, 2.24) is 0 Å². The molecule has 0 unspecified atom stereocenters. The van der Waals surface area contributed by atoms with Gasteiger partial charge in [-0.3, -0.25) is 4.79 Å². The lowest BCUT2D eigenvalue weighted by Gasteiger charge is -2.16. The van der Waals surface area contributed by atoms with Crippen LogP contribution in [0, 0.1) is 5.41 Å². The van der Waals surface area contributed by atoms with Crippen LogP contribution in [0.25, 0.3) is 16.0 Å². The first-order valence-corrected chi connectivity index (χ1v) is 6.17. The Balaban J connectivity index is 3.14. The van der Waals surface area contributed by atoms with Gasteiger partial charge in [-0.25, -0.2) is 0 Å². The zero-order valence-corrected chi connectivity index (χ0v) is 11.8. The lowest BCUT2D eigenvalue weighted by Crippen LogP contribution is -2.03. The van der Waals surface area contributed by atoms with Gasteiger partial charge >= 0.3 is 0 Å². The highest BCUT2D eigenvalue weighted by molar-refractivity contribution is 5.94. The van der Waals surface area contributed by atoms with E-state index in [2.05, 4.69) is 36.9 Å². The molecule has 1 rings (SSSR count). The Bertz CT molecular complexity index is 530. The molecule has 0 spiro atoms. The highest BCUT2D eigenvalue weighted by Crippen LogP contribution is 2.24. The Labute approximate surface area is 113 Å². The molecule has 0 aliphatic heterocycles. The predicted octanol–water partition coefficient (Wildman–Crippen LogP) is 4.63. The van der Waals surface area contributed by atoms with E-state index in [9.17, 15) is 4.79 Å². The second-order valence-corrected chi connectivity index (χ2v) is 5.56.